The SMILES string of the molecule is CCCCCN1C(=O)C(=O)c2ccc(OC)cc21. The standard InChI is InChI=1S/C14H17NO3/c1-3-4-5-8-15-12-9-10(18-2)6-7-11(12)13(16)14(15)17/h6-7,9H,3-5,8H2,1-2H3. The van der Waals surface area contributed by atoms with E-state index >= 15 is 0 Å². The van der Waals surface area contributed by atoms with Crippen LogP contribution in [0.1, 0.15) is 36.5 Å². The second-order valence-corrected chi connectivity index (χ2v) is 4.38. The van der Waals surface area contributed by atoms with E-state index in [-0.39, 0.29) is 0 Å². The van der Waals surface area contributed by atoms with Crippen molar-refractivity contribution in [2.24, 2.45) is 0 Å². The van der Waals surface area contributed by atoms with Gasteiger partial charge in [-0.3, -0.25) is 9.59 Å². The van der Waals surface area contributed by atoms with Gasteiger partial charge in [0, 0.05) is 12.6 Å². The number of fused-ring (bicyclic) bond motifs is 1. The van der Waals surface area contributed by atoms with Crippen LogP contribution in [-0.2, 0) is 4.79 Å². The van der Waals surface area contributed by atoms with Crippen LogP contribution >= 0.6 is 0 Å². The predicted octanol–water partition coefficient (Wildman–Crippen LogP) is 2.41. The maximum absolute atomic E-state index is 11.9. The van der Waals surface area contributed by atoms with Gasteiger partial charge in [-0.15, -0.1) is 0 Å². The lowest BCUT2D eigenvalue weighted by molar-refractivity contribution is -0.114. The maximum atomic E-state index is 11.9. The first-order chi connectivity index (χ1) is 8.69. The summed E-state index contributed by atoms with van der Waals surface area (Å²) < 4.78 is 5.13. The number of ether oxygens (including phenoxy) is 1. The Labute approximate surface area is 107 Å². The first-order valence-electron chi connectivity index (χ1n) is 6.23. The molecule has 1 heterocycles. The van der Waals surface area contributed by atoms with Gasteiger partial charge in [0.05, 0.1) is 18.4 Å². The summed E-state index contributed by atoms with van der Waals surface area (Å²) in [5, 5.41) is 0. The van der Waals surface area contributed by atoms with Gasteiger partial charge in [-0.05, 0) is 18.6 Å². The molecule has 0 atom stereocenters. The van der Waals surface area contributed by atoms with Gasteiger partial charge in [0.25, 0.3) is 11.7 Å². The van der Waals surface area contributed by atoms with Gasteiger partial charge in [0.2, 0.25) is 0 Å². The van der Waals surface area contributed by atoms with Crippen LogP contribution in [0, 0.1) is 0 Å². The molecule has 0 fully saturated rings. The third-order valence-corrected chi connectivity index (χ3v) is 3.16. The van der Waals surface area contributed by atoms with Crippen molar-refractivity contribution in [2.75, 3.05) is 18.6 Å². The minimum atomic E-state index is -0.422. The minimum absolute atomic E-state index is 0.413. The normalized spacial score (nSPS) is 14.0. The average Bonchev–Trinajstić information content (AvgIpc) is 2.63. The molecule has 1 aromatic carbocycles. The Kier molecular flexibility index (Phi) is 3.65. The Bertz CT molecular complexity index is 482. The van der Waals surface area contributed by atoms with Gasteiger partial charge >= 0.3 is 0 Å². The highest BCUT2D eigenvalue weighted by Crippen LogP contribution is 2.32. The molecule has 0 saturated carbocycles. The first kappa shape index (κ1) is 12.6. The first-order valence-corrected chi connectivity index (χ1v) is 6.23. The zero-order chi connectivity index (χ0) is 13.1. The van der Waals surface area contributed by atoms with Gasteiger partial charge in [0.1, 0.15) is 5.75 Å². The molecule has 18 heavy (non-hydrogen) atoms. The molecule has 0 N–H and O–H groups in total. The van der Waals surface area contributed by atoms with E-state index in [9.17, 15) is 9.59 Å². The van der Waals surface area contributed by atoms with E-state index < -0.39 is 11.7 Å². The Hall–Kier alpha value is -1.84. The molecule has 0 aromatic heterocycles. The van der Waals surface area contributed by atoms with Crippen molar-refractivity contribution in [1.29, 1.82) is 0 Å². The topological polar surface area (TPSA) is 46.6 Å². The molecule has 1 aromatic rings. The molecule has 0 spiro atoms. The summed E-state index contributed by atoms with van der Waals surface area (Å²) in [7, 11) is 1.57. The molecule has 0 aliphatic carbocycles. The number of hydrogen-bond donors (Lipinski definition) is 0. The van der Waals surface area contributed by atoms with Crippen LogP contribution in [0.2, 0.25) is 0 Å². The van der Waals surface area contributed by atoms with Gasteiger partial charge in [-0.25, -0.2) is 0 Å². The fourth-order valence-electron chi connectivity index (χ4n) is 2.14. The number of rotatable bonds is 5. The monoisotopic (exact) mass is 247 g/mol. The number of hydrogen-bond acceptors (Lipinski definition) is 3. The predicted molar refractivity (Wildman–Crippen MR) is 69.2 cm³/mol. The molecule has 2 rings (SSSR count). The number of benzene rings is 1. The zero-order valence-electron chi connectivity index (χ0n) is 10.7. The fraction of sp³-hybridized carbons (Fsp3) is 0.429. The van der Waals surface area contributed by atoms with Crippen LogP contribution in [0.3, 0.4) is 0 Å². The van der Waals surface area contributed by atoms with Gasteiger partial charge in [-0.1, -0.05) is 19.8 Å². The van der Waals surface area contributed by atoms with Crippen molar-refractivity contribution < 1.29 is 14.3 Å². The van der Waals surface area contributed by atoms with Crippen molar-refractivity contribution in [3.8, 4) is 5.75 Å². The number of carbonyl (C=O) groups excluding carboxylic acids is 2. The Morgan fingerprint density at radius 3 is 2.67 bits per heavy atom. The number of anilines is 1. The van der Waals surface area contributed by atoms with Crippen LogP contribution < -0.4 is 9.64 Å². The van der Waals surface area contributed by atoms with Crippen molar-refractivity contribution in [1.82, 2.24) is 0 Å². The maximum Gasteiger partial charge on any atom is 0.299 e. The number of ketones is 1. The molecule has 1 amide bonds. The second-order valence-electron chi connectivity index (χ2n) is 4.38. The quantitative estimate of drug-likeness (QED) is 0.593. The number of unbranched alkanes of at least 4 members (excludes halogenated alkanes) is 2. The van der Waals surface area contributed by atoms with Gasteiger partial charge in [0.15, 0.2) is 0 Å². The number of amides is 1. The molecule has 0 saturated heterocycles. The van der Waals surface area contributed by atoms with Crippen LogP contribution in [0.5, 0.6) is 5.75 Å². The molecule has 4 nitrogen and oxygen atoms in total. The van der Waals surface area contributed by atoms with E-state index in [0.717, 1.165) is 19.3 Å². The van der Waals surface area contributed by atoms with E-state index in [1.807, 2.05) is 0 Å². The molecule has 4 heteroatoms. The summed E-state index contributed by atoms with van der Waals surface area (Å²) in [6, 6.07) is 5.12. The molecular weight excluding hydrogens is 230 g/mol. The smallest absolute Gasteiger partial charge is 0.299 e. The van der Waals surface area contributed by atoms with E-state index in [1.165, 1.54) is 0 Å². The number of methoxy groups -OCH3 is 1. The van der Waals surface area contributed by atoms with Gasteiger partial charge in [-0.2, -0.15) is 0 Å². The van der Waals surface area contributed by atoms with Crippen LogP contribution in [0.25, 0.3) is 0 Å². The summed E-state index contributed by atoms with van der Waals surface area (Å²) in [6.45, 7) is 2.70. The van der Waals surface area contributed by atoms with E-state index in [4.69, 9.17) is 4.74 Å². The van der Waals surface area contributed by atoms with Crippen LogP contribution in [0.15, 0.2) is 18.2 Å². The van der Waals surface area contributed by atoms with Crippen molar-refractivity contribution in [3.05, 3.63) is 23.8 Å². The highest BCUT2D eigenvalue weighted by atomic mass is 16.5. The number of nitrogens with zero attached hydrogens (tertiary/aromatic N) is 1. The number of Topliss-reactive ketones (excluding diaryl/α,β-unsaturated/α-hetero) is 1. The lowest BCUT2D eigenvalue weighted by atomic mass is 10.1. The second kappa shape index (κ2) is 5.21. The van der Waals surface area contributed by atoms with Crippen LogP contribution in [-0.4, -0.2) is 25.3 Å². The summed E-state index contributed by atoms with van der Waals surface area (Å²) in [6.07, 6.45) is 3.05. The Balaban J connectivity index is 2.27. The summed E-state index contributed by atoms with van der Waals surface area (Å²) in [4.78, 5) is 25.3. The molecule has 96 valence electrons. The van der Waals surface area contributed by atoms with E-state index in [0.29, 0.717) is 23.5 Å². The molecule has 0 bridgehead atoms. The highest BCUT2D eigenvalue weighted by molar-refractivity contribution is 6.52. The summed E-state index contributed by atoms with van der Waals surface area (Å²) in [5.41, 5.74) is 1.16. The molecule has 1 aliphatic heterocycles. The van der Waals surface area contributed by atoms with Crippen molar-refractivity contribution in [2.45, 2.75) is 26.2 Å². The summed E-state index contributed by atoms with van der Waals surface area (Å²) >= 11 is 0. The molecule has 0 radical (unpaired) electrons. The molecule has 1 aliphatic rings. The fourth-order valence-corrected chi connectivity index (χ4v) is 2.14. The highest BCUT2D eigenvalue weighted by Gasteiger charge is 2.35. The summed E-state index contributed by atoms with van der Waals surface area (Å²) in [5.74, 6) is -0.171. The van der Waals surface area contributed by atoms with E-state index in [1.54, 1.807) is 30.2 Å². The molecule has 0 unspecified atom stereocenters. The Morgan fingerprint density at radius 2 is 2.00 bits per heavy atom. The third kappa shape index (κ3) is 2.10. The van der Waals surface area contributed by atoms with Crippen LogP contribution in [0.4, 0.5) is 5.69 Å². The lowest BCUT2D eigenvalue weighted by Crippen LogP contribution is -2.30. The average molecular weight is 247 g/mol. The van der Waals surface area contributed by atoms with Gasteiger partial charge < -0.3 is 9.64 Å². The largest absolute Gasteiger partial charge is 0.497 e. The van der Waals surface area contributed by atoms with E-state index in [2.05, 4.69) is 6.92 Å². The third-order valence-electron chi connectivity index (χ3n) is 3.16. The minimum Gasteiger partial charge on any atom is -0.497 e. The van der Waals surface area contributed by atoms with Crippen molar-refractivity contribution >= 4 is 17.4 Å². The zero-order valence-corrected chi connectivity index (χ0v) is 10.7. The Morgan fingerprint density at radius 1 is 1.22 bits per heavy atom. The van der Waals surface area contributed by atoms with Crippen molar-refractivity contribution in [3.63, 3.8) is 0 Å². The number of carbonyl (C=O) groups is 2. The lowest BCUT2D eigenvalue weighted by Gasteiger charge is -2.16. The molecular formula is C14H17NO3.